The van der Waals surface area contributed by atoms with Crippen LogP contribution in [0.1, 0.15) is 53.4 Å². The fourth-order valence-corrected chi connectivity index (χ4v) is 3.82. The van der Waals surface area contributed by atoms with Crippen LogP contribution < -0.4 is 5.32 Å². The van der Waals surface area contributed by atoms with E-state index in [-0.39, 0.29) is 29.6 Å². The molecule has 0 unspecified atom stereocenters. The van der Waals surface area contributed by atoms with Gasteiger partial charge in [0.25, 0.3) is 0 Å². The van der Waals surface area contributed by atoms with E-state index in [1.165, 1.54) is 0 Å². The smallest absolute Gasteiger partial charge is 0.352 e. The number of carbonyl (C=O) groups is 1. The van der Waals surface area contributed by atoms with Crippen LogP contribution in [0.2, 0.25) is 0 Å². The van der Waals surface area contributed by atoms with Gasteiger partial charge < -0.3 is 5.32 Å². The van der Waals surface area contributed by atoms with Gasteiger partial charge in [0.15, 0.2) is 0 Å². The highest BCUT2D eigenvalue weighted by atomic mass is 19.4. The average molecular weight is 317 g/mol. The van der Waals surface area contributed by atoms with Crippen LogP contribution in [0.3, 0.4) is 0 Å². The summed E-state index contributed by atoms with van der Waals surface area (Å²) in [4.78, 5) is 12.4. The third kappa shape index (κ3) is 3.49. The predicted molar refractivity (Wildman–Crippen MR) is 80.1 cm³/mol. The molecule has 4 atom stereocenters. The Hall–Kier alpha value is -1.00. The maximum absolute atomic E-state index is 13.1. The van der Waals surface area contributed by atoms with Crippen LogP contribution in [-0.2, 0) is 4.79 Å². The van der Waals surface area contributed by atoms with Gasteiger partial charge in [0.2, 0.25) is 5.91 Å². The molecule has 2 fully saturated rings. The molecule has 22 heavy (non-hydrogen) atoms. The molecule has 0 spiro atoms. The zero-order chi connectivity index (χ0) is 16.7. The number of allylic oxidation sites excluding steroid dienone is 2. The summed E-state index contributed by atoms with van der Waals surface area (Å²) < 4.78 is 39.3. The molecule has 2 aliphatic carbocycles. The number of rotatable bonds is 3. The summed E-state index contributed by atoms with van der Waals surface area (Å²) in [5.41, 5.74) is 0.975. The average Bonchev–Trinajstić information content (AvgIpc) is 2.89. The fraction of sp³-hybridized carbons (Fsp3) is 0.824. The van der Waals surface area contributed by atoms with Crippen LogP contribution in [0.4, 0.5) is 13.2 Å². The minimum atomic E-state index is -4.23. The summed E-state index contributed by atoms with van der Waals surface area (Å²) in [5.74, 6) is -1.69. The lowest BCUT2D eigenvalue weighted by atomic mass is 9.84. The number of halogens is 3. The third-order valence-corrected chi connectivity index (χ3v) is 5.22. The highest BCUT2D eigenvalue weighted by molar-refractivity contribution is 5.84. The van der Waals surface area contributed by atoms with Crippen LogP contribution in [-0.4, -0.2) is 18.1 Å². The van der Waals surface area contributed by atoms with Gasteiger partial charge in [-0.25, -0.2) is 0 Å². The van der Waals surface area contributed by atoms with Gasteiger partial charge in [-0.15, -0.1) is 0 Å². The zero-order valence-corrected chi connectivity index (χ0v) is 13.8. The van der Waals surface area contributed by atoms with E-state index in [1.54, 1.807) is 0 Å². The second-order valence-corrected chi connectivity index (χ2v) is 7.62. The molecule has 2 nitrogen and oxygen atoms in total. The maximum Gasteiger partial charge on any atom is 0.393 e. The van der Waals surface area contributed by atoms with Gasteiger partial charge in [-0.2, -0.15) is 13.2 Å². The van der Waals surface area contributed by atoms with Crippen molar-refractivity contribution < 1.29 is 18.0 Å². The molecule has 0 aromatic rings. The van der Waals surface area contributed by atoms with Crippen molar-refractivity contribution >= 4 is 5.91 Å². The molecule has 0 aromatic carbocycles. The van der Waals surface area contributed by atoms with E-state index in [2.05, 4.69) is 11.4 Å². The molecular weight excluding hydrogens is 291 g/mol. The molecule has 0 radical (unpaired) electrons. The van der Waals surface area contributed by atoms with Crippen molar-refractivity contribution in [3.8, 4) is 0 Å². The van der Waals surface area contributed by atoms with Crippen molar-refractivity contribution in [1.29, 1.82) is 0 Å². The van der Waals surface area contributed by atoms with Crippen molar-refractivity contribution in [2.24, 2.45) is 23.2 Å². The maximum atomic E-state index is 13.1. The number of nitrogens with one attached hydrogen (secondary N) is 1. The van der Waals surface area contributed by atoms with Crippen LogP contribution in [0, 0.1) is 23.2 Å². The molecule has 2 rings (SSSR count). The number of carbonyl (C=O) groups excluding carboxylic acids is 1. The van der Waals surface area contributed by atoms with Crippen molar-refractivity contribution in [3.63, 3.8) is 0 Å². The van der Waals surface area contributed by atoms with Gasteiger partial charge in [-0.3, -0.25) is 4.79 Å². The monoisotopic (exact) mass is 317 g/mol. The fourth-order valence-electron chi connectivity index (χ4n) is 3.82. The summed E-state index contributed by atoms with van der Waals surface area (Å²) in [5, 5.41) is 2.71. The highest BCUT2D eigenvalue weighted by Crippen LogP contribution is 2.59. The number of hydrogen-bond acceptors (Lipinski definition) is 1. The first-order valence-corrected chi connectivity index (χ1v) is 8.07. The third-order valence-electron chi connectivity index (χ3n) is 5.22. The van der Waals surface area contributed by atoms with Gasteiger partial charge in [0, 0.05) is 6.04 Å². The molecule has 0 bridgehead atoms. The highest BCUT2D eigenvalue weighted by Gasteiger charge is 2.61. The van der Waals surface area contributed by atoms with E-state index in [1.807, 2.05) is 27.7 Å². The Balaban J connectivity index is 2.04. The Morgan fingerprint density at radius 2 is 1.77 bits per heavy atom. The molecule has 2 aliphatic rings. The normalized spacial score (nSPS) is 34.0. The van der Waals surface area contributed by atoms with E-state index in [9.17, 15) is 18.0 Å². The number of amides is 1. The van der Waals surface area contributed by atoms with E-state index in [4.69, 9.17) is 0 Å². The van der Waals surface area contributed by atoms with Gasteiger partial charge in [0.05, 0.1) is 11.8 Å². The first kappa shape index (κ1) is 17.4. The first-order valence-electron chi connectivity index (χ1n) is 8.07. The van der Waals surface area contributed by atoms with Gasteiger partial charge in [0.1, 0.15) is 0 Å². The van der Waals surface area contributed by atoms with Crippen molar-refractivity contribution in [2.75, 3.05) is 0 Å². The minimum Gasteiger partial charge on any atom is -0.352 e. The quantitative estimate of drug-likeness (QED) is 0.765. The summed E-state index contributed by atoms with van der Waals surface area (Å²) in [6.45, 7) is 7.96. The van der Waals surface area contributed by atoms with Crippen molar-refractivity contribution in [2.45, 2.75) is 65.6 Å². The molecule has 5 heteroatoms. The largest absolute Gasteiger partial charge is 0.393 e. The Bertz CT molecular complexity index is 463. The molecule has 1 amide bonds. The van der Waals surface area contributed by atoms with Gasteiger partial charge in [-0.1, -0.05) is 38.3 Å². The Kier molecular flexibility index (Phi) is 4.65. The summed E-state index contributed by atoms with van der Waals surface area (Å²) in [6, 6.07) is -0.759. The van der Waals surface area contributed by atoms with E-state index in [0.717, 1.165) is 12.0 Å². The molecule has 126 valence electrons. The number of hydrogen-bond donors (Lipinski definition) is 1. The molecule has 0 heterocycles. The summed E-state index contributed by atoms with van der Waals surface area (Å²) >= 11 is 0. The van der Waals surface area contributed by atoms with Crippen LogP contribution in [0.25, 0.3) is 0 Å². The van der Waals surface area contributed by atoms with Crippen molar-refractivity contribution in [1.82, 2.24) is 5.32 Å². The molecular formula is C17H26F3NO. The first-order chi connectivity index (χ1) is 10.0. The molecule has 0 aromatic heterocycles. The predicted octanol–water partition coefficient (Wildman–Crippen LogP) is 4.46. The summed E-state index contributed by atoms with van der Waals surface area (Å²) in [6.07, 6.45) is -0.270. The second kappa shape index (κ2) is 5.89. The SMILES string of the molecule is CC(C)=C[C@@H]1[C@H](C(=O)N[C@@H]2CCCC[C@H]2C(F)(F)F)C1(C)C. The van der Waals surface area contributed by atoms with Crippen molar-refractivity contribution in [3.05, 3.63) is 11.6 Å². The molecule has 2 saturated carbocycles. The molecule has 1 N–H and O–H groups in total. The standard InChI is InChI=1S/C17H26F3NO/c1-10(2)9-12-14(16(12,3)4)15(22)21-13-8-6-5-7-11(13)17(18,19)20/h9,11-14H,5-8H2,1-4H3,(H,21,22)/t11-,12-,13-,14-/m1/s1. The topological polar surface area (TPSA) is 29.1 Å². The van der Waals surface area contributed by atoms with Crippen LogP contribution in [0.15, 0.2) is 11.6 Å². The van der Waals surface area contributed by atoms with Gasteiger partial charge in [-0.05, 0) is 38.0 Å². The molecule has 0 aliphatic heterocycles. The van der Waals surface area contributed by atoms with Crippen LogP contribution in [0.5, 0.6) is 0 Å². The Labute approximate surface area is 130 Å². The minimum absolute atomic E-state index is 0.125. The Morgan fingerprint density at radius 3 is 2.32 bits per heavy atom. The summed E-state index contributed by atoms with van der Waals surface area (Å²) in [7, 11) is 0. The van der Waals surface area contributed by atoms with E-state index in [0.29, 0.717) is 12.8 Å². The van der Waals surface area contributed by atoms with Gasteiger partial charge >= 0.3 is 6.18 Å². The lowest BCUT2D eigenvalue weighted by Gasteiger charge is -2.33. The Morgan fingerprint density at radius 1 is 1.18 bits per heavy atom. The van der Waals surface area contributed by atoms with E-state index >= 15 is 0 Å². The number of alkyl halides is 3. The van der Waals surface area contributed by atoms with Crippen LogP contribution >= 0.6 is 0 Å². The lowest BCUT2D eigenvalue weighted by molar-refractivity contribution is -0.189. The molecule has 0 saturated heterocycles. The zero-order valence-electron chi connectivity index (χ0n) is 13.8. The van der Waals surface area contributed by atoms with E-state index < -0.39 is 18.1 Å². The lowest BCUT2D eigenvalue weighted by Crippen LogP contribution is -2.48. The second-order valence-electron chi connectivity index (χ2n) is 7.62.